The van der Waals surface area contributed by atoms with E-state index in [1.807, 2.05) is 18.2 Å². The van der Waals surface area contributed by atoms with Gasteiger partial charge in [0.15, 0.2) is 0 Å². The smallest absolute Gasteiger partial charge is 0.244 e. The summed E-state index contributed by atoms with van der Waals surface area (Å²) in [5.74, 6) is 0.890. The molecule has 1 atom stereocenters. The zero-order valence-corrected chi connectivity index (χ0v) is 15.1. The maximum atomic E-state index is 12.7. The minimum absolute atomic E-state index is 0.225. The molecule has 0 radical (unpaired) electrons. The number of nitrogens with zero attached hydrogens (tertiary/aromatic N) is 3. The first-order valence-electron chi connectivity index (χ1n) is 8.68. The predicted octanol–water partition coefficient (Wildman–Crippen LogP) is 1.73. The van der Waals surface area contributed by atoms with Crippen LogP contribution in [0.1, 0.15) is 12.8 Å². The van der Waals surface area contributed by atoms with Crippen molar-refractivity contribution >= 4 is 10.0 Å². The van der Waals surface area contributed by atoms with E-state index in [0.29, 0.717) is 32.2 Å². The summed E-state index contributed by atoms with van der Waals surface area (Å²) >= 11 is 0. The van der Waals surface area contributed by atoms with Crippen LogP contribution in [0.4, 0.5) is 0 Å². The Morgan fingerprint density at radius 1 is 1.23 bits per heavy atom. The van der Waals surface area contributed by atoms with Gasteiger partial charge in [-0.15, -0.1) is 0 Å². The van der Waals surface area contributed by atoms with Gasteiger partial charge in [0.25, 0.3) is 0 Å². The molecular weight excluding hydrogens is 354 g/mol. The molecule has 0 bridgehead atoms. The van der Waals surface area contributed by atoms with E-state index in [9.17, 15) is 8.42 Å². The molecule has 4 heterocycles. The normalized spacial score (nSPS) is 22.2. The Balaban J connectivity index is 1.36. The van der Waals surface area contributed by atoms with Gasteiger partial charge in [-0.3, -0.25) is 4.98 Å². The lowest BCUT2D eigenvalue weighted by Crippen LogP contribution is -2.66. The molecule has 0 unspecified atom stereocenters. The van der Waals surface area contributed by atoms with Crippen molar-refractivity contribution < 1.29 is 17.9 Å². The standard InChI is InChI=1S/C18H21N3O4S/c22-26(23,16-4-3-8-19-12-16)21-13-18(14-21)15(7-11-25-18)6-10-24-17-5-1-2-9-20-17/h1-5,8-9,12,15H,6-7,10-11,13-14H2/t15-/m1/s1. The molecule has 138 valence electrons. The van der Waals surface area contributed by atoms with E-state index in [1.165, 1.54) is 10.5 Å². The van der Waals surface area contributed by atoms with Crippen LogP contribution in [0.3, 0.4) is 0 Å². The molecule has 8 heteroatoms. The van der Waals surface area contributed by atoms with Crippen molar-refractivity contribution in [3.8, 4) is 5.88 Å². The second-order valence-electron chi connectivity index (χ2n) is 6.67. The van der Waals surface area contributed by atoms with Crippen LogP contribution in [0, 0.1) is 5.92 Å². The number of ether oxygens (including phenoxy) is 2. The molecular formula is C18H21N3O4S. The average molecular weight is 375 g/mol. The topological polar surface area (TPSA) is 81.6 Å². The maximum absolute atomic E-state index is 12.7. The van der Waals surface area contributed by atoms with Crippen LogP contribution in [0.15, 0.2) is 53.8 Å². The molecule has 2 aromatic rings. The van der Waals surface area contributed by atoms with Crippen LogP contribution in [0.25, 0.3) is 0 Å². The van der Waals surface area contributed by atoms with Gasteiger partial charge in [-0.25, -0.2) is 13.4 Å². The molecule has 4 rings (SSSR count). The van der Waals surface area contributed by atoms with Gasteiger partial charge >= 0.3 is 0 Å². The Morgan fingerprint density at radius 2 is 2.12 bits per heavy atom. The molecule has 0 aromatic carbocycles. The number of rotatable bonds is 6. The third kappa shape index (κ3) is 3.20. The average Bonchev–Trinajstić information content (AvgIpc) is 3.06. The van der Waals surface area contributed by atoms with Crippen molar-refractivity contribution in [2.75, 3.05) is 26.3 Å². The Labute approximate surface area is 153 Å². The highest BCUT2D eigenvalue weighted by molar-refractivity contribution is 7.89. The summed E-state index contributed by atoms with van der Waals surface area (Å²) in [6, 6.07) is 8.76. The summed E-state index contributed by atoms with van der Waals surface area (Å²) < 4.78 is 38.4. The molecule has 7 nitrogen and oxygen atoms in total. The number of sulfonamides is 1. The summed E-state index contributed by atoms with van der Waals surface area (Å²) in [6.07, 6.45) is 6.38. The maximum Gasteiger partial charge on any atom is 0.244 e. The Hall–Kier alpha value is -2.03. The zero-order chi connectivity index (χ0) is 18.0. The van der Waals surface area contributed by atoms with Crippen LogP contribution in [0.5, 0.6) is 5.88 Å². The van der Waals surface area contributed by atoms with E-state index < -0.39 is 10.0 Å². The SMILES string of the molecule is O=S(=O)(c1cccnc1)N1CC2(C1)OCC[C@H]2CCOc1ccccn1. The van der Waals surface area contributed by atoms with Crippen molar-refractivity contribution in [3.63, 3.8) is 0 Å². The van der Waals surface area contributed by atoms with Crippen molar-refractivity contribution in [3.05, 3.63) is 48.9 Å². The quantitative estimate of drug-likeness (QED) is 0.765. The van der Waals surface area contributed by atoms with Crippen LogP contribution >= 0.6 is 0 Å². The third-order valence-corrected chi connectivity index (χ3v) is 6.89. The third-order valence-electron chi connectivity index (χ3n) is 5.11. The van der Waals surface area contributed by atoms with E-state index >= 15 is 0 Å². The van der Waals surface area contributed by atoms with Gasteiger partial charge in [0.2, 0.25) is 15.9 Å². The Bertz CT molecular complexity index is 839. The number of aromatic nitrogens is 2. The lowest BCUT2D eigenvalue weighted by atomic mass is 9.80. The summed E-state index contributed by atoms with van der Waals surface area (Å²) in [5, 5.41) is 0. The Kier molecular flexibility index (Phi) is 4.64. The van der Waals surface area contributed by atoms with E-state index in [4.69, 9.17) is 9.47 Å². The van der Waals surface area contributed by atoms with Crippen LogP contribution in [-0.2, 0) is 14.8 Å². The van der Waals surface area contributed by atoms with Crippen LogP contribution in [-0.4, -0.2) is 54.6 Å². The first-order chi connectivity index (χ1) is 12.6. The van der Waals surface area contributed by atoms with E-state index in [-0.39, 0.29) is 16.4 Å². The van der Waals surface area contributed by atoms with Crippen molar-refractivity contribution in [2.45, 2.75) is 23.3 Å². The van der Waals surface area contributed by atoms with E-state index in [2.05, 4.69) is 9.97 Å². The summed E-state index contributed by atoms with van der Waals surface area (Å²) in [7, 11) is -3.50. The minimum atomic E-state index is -3.50. The molecule has 0 N–H and O–H groups in total. The minimum Gasteiger partial charge on any atom is -0.478 e. The predicted molar refractivity (Wildman–Crippen MR) is 94.1 cm³/mol. The lowest BCUT2D eigenvalue weighted by molar-refractivity contribution is -0.104. The number of pyridine rings is 2. The first-order valence-corrected chi connectivity index (χ1v) is 10.1. The van der Waals surface area contributed by atoms with E-state index in [1.54, 1.807) is 24.5 Å². The first kappa shape index (κ1) is 17.4. The molecule has 1 spiro atoms. The Morgan fingerprint density at radius 3 is 2.85 bits per heavy atom. The van der Waals surface area contributed by atoms with E-state index in [0.717, 1.165) is 12.8 Å². The van der Waals surface area contributed by atoms with Gasteiger partial charge in [-0.2, -0.15) is 4.31 Å². The molecule has 0 saturated carbocycles. The number of hydrogen-bond acceptors (Lipinski definition) is 6. The molecule has 2 saturated heterocycles. The zero-order valence-electron chi connectivity index (χ0n) is 14.3. The second kappa shape index (κ2) is 6.94. The van der Waals surface area contributed by atoms with Gasteiger partial charge in [0, 0.05) is 44.4 Å². The van der Waals surface area contributed by atoms with Crippen LogP contribution < -0.4 is 4.74 Å². The fourth-order valence-electron chi connectivity index (χ4n) is 3.65. The molecule has 2 aromatic heterocycles. The highest BCUT2D eigenvalue weighted by Gasteiger charge is 2.56. The lowest BCUT2D eigenvalue weighted by Gasteiger charge is -2.49. The van der Waals surface area contributed by atoms with Crippen LogP contribution in [0.2, 0.25) is 0 Å². The second-order valence-corrected chi connectivity index (χ2v) is 8.60. The monoisotopic (exact) mass is 375 g/mol. The summed E-state index contributed by atoms with van der Waals surface area (Å²) in [4.78, 5) is 8.27. The van der Waals surface area contributed by atoms with Gasteiger partial charge in [0.1, 0.15) is 4.90 Å². The van der Waals surface area contributed by atoms with Gasteiger partial charge in [-0.05, 0) is 37.0 Å². The van der Waals surface area contributed by atoms with Crippen molar-refractivity contribution in [1.82, 2.24) is 14.3 Å². The highest BCUT2D eigenvalue weighted by atomic mass is 32.2. The van der Waals surface area contributed by atoms with Gasteiger partial charge in [-0.1, -0.05) is 6.07 Å². The molecule has 0 aliphatic carbocycles. The van der Waals surface area contributed by atoms with Gasteiger partial charge in [0.05, 0.1) is 12.2 Å². The summed E-state index contributed by atoms with van der Waals surface area (Å²) in [6.45, 7) is 1.98. The summed E-state index contributed by atoms with van der Waals surface area (Å²) in [5.41, 5.74) is -0.386. The number of hydrogen-bond donors (Lipinski definition) is 0. The van der Waals surface area contributed by atoms with Crippen molar-refractivity contribution in [1.29, 1.82) is 0 Å². The fourth-order valence-corrected chi connectivity index (χ4v) is 5.17. The molecule has 26 heavy (non-hydrogen) atoms. The molecule has 0 amide bonds. The molecule has 2 aliphatic heterocycles. The molecule has 2 aliphatic rings. The largest absolute Gasteiger partial charge is 0.478 e. The van der Waals surface area contributed by atoms with Crippen molar-refractivity contribution in [2.24, 2.45) is 5.92 Å². The van der Waals surface area contributed by atoms with Gasteiger partial charge < -0.3 is 9.47 Å². The fraction of sp³-hybridized carbons (Fsp3) is 0.444. The highest BCUT2D eigenvalue weighted by Crippen LogP contribution is 2.43. The molecule has 2 fully saturated rings.